The maximum Gasteiger partial charge on any atom is 0.239 e. The summed E-state index contributed by atoms with van der Waals surface area (Å²) in [5.74, 6) is -1.23. The van der Waals surface area contributed by atoms with Gasteiger partial charge in [-0.2, -0.15) is 0 Å². The molecule has 0 saturated carbocycles. The molecule has 2 atom stereocenters. The molecule has 0 aromatic carbocycles. The zero-order valence-corrected chi connectivity index (χ0v) is 14.0. The van der Waals surface area contributed by atoms with Crippen molar-refractivity contribution in [2.24, 2.45) is 11.3 Å². The van der Waals surface area contributed by atoms with Crippen molar-refractivity contribution in [2.75, 3.05) is 53.2 Å². The van der Waals surface area contributed by atoms with Crippen LogP contribution in [0.3, 0.4) is 0 Å². The average molecular weight is 333 g/mol. The number of amides is 2. The molecule has 2 aliphatic heterocycles. The fraction of sp³-hybridized carbons (Fsp3) is 0.846. The Morgan fingerprint density at radius 3 is 2.68 bits per heavy atom. The minimum Gasteiger partial charge on any atom is -0.381 e. The highest BCUT2D eigenvalue weighted by molar-refractivity contribution is 7.89. The summed E-state index contributed by atoms with van der Waals surface area (Å²) in [5, 5.41) is 2.66. The molecule has 1 N–H and O–H groups in total. The number of fused-ring (bicyclic) bond motifs is 1. The molecule has 0 aromatic rings. The van der Waals surface area contributed by atoms with Crippen LogP contribution >= 0.6 is 0 Å². The molecular formula is C13H23N3O5S. The fourth-order valence-corrected chi connectivity index (χ4v) is 3.89. The van der Waals surface area contributed by atoms with E-state index in [4.69, 9.17) is 4.74 Å². The van der Waals surface area contributed by atoms with Gasteiger partial charge in [0.15, 0.2) is 0 Å². The Morgan fingerprint density at radius 1 is 1.41 bits per heavy atom. The monoisotopic (exact) mass is 333 g/mol. The van der Waals surface area contributed by atoms with E-state index in [9.17, 15) is 18.0 Å². The van der Waals surface area contributed by atoms with Gasteiger partial charge in [0.25, 0.3) is 0 Å². The lowest BCUT2D eigenvalue weighted by Crippen LogP contribution is -2.49. The van der Waals surface area contributed by atoms with E-state index in [2.05, 4.69) is 5.32 Å². The molecule has 126 valence electrons. The van der Waals surface area contributed by atoms with Crippen molar-refractivity contribution < 1.29 is 22.7 Å². The van der Waals surface area contributed by atoms with Gasteiger partial charge < -0.3 is 15.0 Å². The molecule has 0 aliphatic carbocycles. The first-order valence-electron chi connectivity index (χ1n) is 7.21. The second-order valence-corrected chi connectivity index (χ2v) is 8.25. The van der Waals surface area contributed by atoms with Crippen LogP contribution < -0.4 is 5.32 Å². The maximum atomic E-state index is 12.3. The second kappa shape index (κ2) is 6.13. The maximum absolute atomic E-state index is 12.3. The lowest BCUT2D eigenvalue weighted by molar-refractivity contribution is -0.139. The summed E-state index contributed by atoms with van der Waals surface area (Å²) in [6.45, 7) is 1.50. The number of nitrogens with one attached hydrogen (secondary N) is 1. The third-order valence-corrected chi connectivity index (χ3v) is 6.33. The Bertz CT molecular complexity index is 562. The summed E-state index contributed by atoms with van der Waals surface area (Å²) in [5.41, 5.74) is -0.662. The lowest BCUT2D eigenvalue weighted by Gasteiger charge is -2.36. The number of rotatable bonds is 4. The van der Waals surface area contributed by atoms with Crippen LogP contribution in [0, 0.1) is 11.3 Å². The molecule has 2 amide bonds. The normalized spacial score (nSPS) is 28.5. The van der Waals surface area contributed by atoms with Crippen molar-refractivity contribution in [2.45, 2.75) is 6.42 Å². The number of carbonyl (C=O) groups is 2. The third-order valence-electron chi connectivity index (χ3n) is 4.60. The van der Waals surface area contributed by atoms with E-state index in [1.807, 2.05) is 0 Å². The lowest BCUT2D eigenvalue weighted by atomic mass is 9.73. The van der Waals surface area contributed by atoms with Gasteiger partial charge >= 0.3 is 0 Å². The summed E-state index contributed by atoms with van der Waals surface area (Å²) < 4.78 is 30.2. The largest absolute Gasteiger partial charge is 0.381 e. The van der Waals surface area contributed by atoms with Gasteiger partial charge in [0.1, 0.15) is 5.75 Å². The van der Waals surface area contributed by atoms with Crippen molar-refractivity contribution in [3.8, 4) is 0 Å². The van der Waals surface area contributed by atoms with Gasteiger partial charge in [-0.3, -0.25) is 9.59 Å². The van der Waals surface area contributed by atoms with E-state index < -0.39 is 27.1 Å². The Hall–Kier alpha value is -1.19. The smallest absolute Gasteiger partial charge is 0.239 e. The highest BCUT2D eigenvalue weighted by Crippen LogP contribution is 2.42. The number of hydrogen-bond donors (Lipinski definition) is 1. The quantitative estimate of drug-likeness (QED) is 0.675. The molecule has 2 heterocycles. The van der Waals surface area contributed by atoms with Gasteiger partial charge in [0.05, 0.1) is 12.0 Å². The van der Waals surface area contributed by atoms with Gasteiger partial charge in [-0.25, -0.2) is 12.7 Å². The Balaban J connectivity index is 2.15. The average Bonchev–Trinajstić information content (AvgIpc) is 2.86. The summed E-state index contributed by atoms with van der Waals surface area (Å²) in [6.07, 6.45) is 0.543. The number of nitrogens with zero attached hydrogens (tertiary/aromatic N) is 2. The van der Waals surface area contributed by atoms with Crippen molar-refractivity contribution in [3.05, 3.63) is 0 Å². The zero-order chi connectivity index (χ0) is 16.5. The molecule has 2 aliphatic rings. The van der Waals surface area contributed by atoms with Crippen LogP contribution in [-0.2, 0) is 24.3 Å². The van der Waals surface area contributed by atoms with E-state index in [0.717, 1.165) is 4.31 Å². The van der Waals surface area contributed by atoms with Gasteiger partial charge in [0.2, 0.25) is 21.8 Å². The zero-order valence-electron chi connectivity index (χ0n) is 13.2. The summed E-state index contributed by atoms with van der Waals surface area (Å²) >= 11 is 0. The van der Waals surface area contributed by atoms with E-state index in [1.165, 1.54) is 19.0 Å². The fourth-order valence-electron chi connectivity index (χ4n) is 3.14. The predicted molar refractivity (Wildman–Crippen MR) is 79.5 cm³/mol. The summed E-state index contributed by atoms with van der Waals surface area (Å²) in [7, 11) is 0.761. The molecule has 0 bridgehead atoms. The number of ether oxygens (including phenoxy) is 1. The minimum atomic E-state index is -3.60. The van der Waals surface area contributed by atoms with Crippen molar-refractivity contribution in [3.63, 3.8) is 0 Å². The molecular weight excluding hydrogens is 310 g/mol. The van der Waals surface area contributed by atoms with E-state index in [1.54, 1.807) is 7.05 Å². The third kappa shape index (κ3) is 2.97. The Kier molecular flexibility index (Phi) is 4.78. The van der Waals surface area contributed by atoms with Crippen LogP contribution in [-0.4, -0.2) is 82.6 Å². The van der Waals surface area contributed by atoms with Crippen LogP contribution in [0.2, 0.25) is 0 Å². The first-order valence-corrected chi connectivity index (χ1v) is 8.82. The Morgan fingerprint density at radius 2 is 2.09 bits per heavy atom. The number of carbonyl (C=O) groups excluding carboxylic acids is 2. The molecule has 0 spiro atoms. The second-order valence-electron chi connectivity index (χ2n) is 6.07. The predicted octanol–water partition coefficient (Wildman–Crippen LogP) is -1.51. The van der Waals surface area contributed by atoms with Gasteiger partial charge in [-0.1, -0.05) is 0 Å². The molecule has 2 fully saturated rings. The van der Waals surface area contributed by atoms with E-state index in [-0.39, 0.29) is 18.4 Å². The van der Waals surface area contributed by atoms with Crippen molar-refractivity contribution in [1.82, 2.24) is 14.5 Å². The number of likely N-dealkylation sites (tertiary alicyclic amines) is 1. The molecule has 2 saturated heterocycles. The topological polar surface area (TPSA) is 96.0 Å². The van der Waals surface area contributed by atoms with Crippen LogP contribution in [0.5, 0.6) is 0 Å². The molecule has 0 aromatic heterocycles. The standard InChI is InChI=1S/C13H23N3O5S/c1-14-12(18)13-4-5-21-7-10(13)6-16(9-13)11(17)8-22(19,20)15(2)3/h10H,4-9H2,1-3H3,(H,14,18)/t10-,13+/m1/s1. The van der Waals surface area contributed by atoms with Gasteiger partial charge in [0, 0.05) is 46.8 Å². The highest BCUT2D eigenvalue weighted by Gasteiger charge is 2.54. The summed E-state index contributed by atoms with van der Waals surface area (Å²) in [4.78, 5) is 26.1. The minimum absolute atomic E-state index is 0.0905. The van der Waals surface area contributed by atoms with Crippen LogP contribution in [0.15, 0.2) is 0 Å². The highest BCUT2D eigenvalue weighted by atomic mass is 32.2. The summed E-state index contributed by atoms with van der Waals surface area (Å²) in [6, 6.07) is 0. The Labute approximate surface area is 130 Å². The molecule has 0 radical (unpaired) electrons. The van der Waals surface area contributed by atoms with E-state index in [0.29, 0.717) is 26.2 Å². The van der Waals surface area contributed by atoms with Gasteiger partial charge in [-0.05, 0) is 6.42 Å². The first kappa shape index (κ1) is 17.2. The van der Waals surface area contributed by atoms with Gasteiger partial charge in [-0.15, -0.1) is 0 Å². The molecule has 2 rings (SSSR count). The SMILES string of the molecule is CNC(=O)[C@]12CCOC[C@H]1CN(C(=O)CS(=O)(=O)N(C)C)C2. The molecule has 22 heavy (non-hydrogen) atoms. The molecule has 9 heteroatoms. The number of hydrogen-bond acceptors (Lipinski definition) is 5. The first-order chi connectivity index (χ1) is 10.2. The van der Waals surface area contributed by atoms with Crippen LogP contribution in [0.4, 0.5) is 0 Å². The van der Waals surface area contributed by atoms with Crippen molar-refractivity contribution in [1.29, 1.82) is 0 Å². The molecule has 0 unspecified atom stereocenters. The van der Waals surface area contributed by atoms with Crippen molar-refractivity contribution >= 4 is 21.8 Å². The molecule has 8 nitrogen and oxygen atoms in total. The van der Waals surface area contributed by atoms with Crippen LogP contribution in [0.25, 0.3) is 0 Å². The number of sulfonamides is 1. The van der Waals surface area contributed by atoms with E-state index >= 15 is 0 Å². The van der Waals surface area contributed by atoms with Crippen LogP contribution in [0.1, 0.15) is 6.42 Å².